The summed E-state index contributed by atoms with van der Waals surface area (Å²) < 4.78 is 14.7. The van der Waals surface area contributed by atoms with Gasteiger partial charge in [0.1, 0.15) is 11.3 Å². The van der Waals surface area contributed by atoms with Crippen molar-refractivity contribution in [1.29, 1.82) is 0 Å². The maximum atomic E-state index is 13.9. The van der Waals surface area contributed by atoms with E-state index in [1.165, 1.54) is 17.4 Å². The van der Waals surface area contributed by atoms with Gasteiger partial charge in [0.2, 0.25) is 5.91 Å². The normalized spacial score (nSPS) is 15.3. The molecule has 0 spiro atoms. The Labute approximate surface area is 166 Å². The number of nitrogens with zero attached hydrogens (tertiary/aromatic N) is 2. The first-order valence-corrected chi connectivity index (χ1v) is 10.1. The molecule has 1 aliphatic heterocycles. The Morgan fingerprint density at radius 3 is 2.74 bits per heavy atom. The van der Waals surface area contributed by atoms with Gasteiger partial charge in [-0.15, -0.1) is 0 Å². The highest BCUT2D eigenvalue weighted by atomic mass is 35.5. The highest BCUT2D eigenvalue weighted by Crippen LogP contribution is 2.32. The molecule has 1 N–H and O–H groups in total. The molecule has 0 aliphatic carbocycles. The lowest BCUT2D eigenvalue weighted by molar-refractivity contribution is -0.125. The van der Waals surface area contributed by atoms with Crippen molar-refractivity contribution >= 4 is 44.2 Å². The molecule has 0 unspecified atom stereocenters. The Morgan fingerprint density at radius 1 is 1.22 bits per heavy atom. The summed E-state index contributed by atoms with van der Waals surface area (Å²) in [4.78, 5) is 19.1. The third kappa shape index (κ3) is 3.92. The van der Waals surface area contributed by atoms with E-state index >= 15 is 0 Å². The van der Waals surface area contributed by atoms with E-state index in [0.29, 0.717) is 17.1 Å². The van der Waals surface area contributed by atoms with Crippen LogP contribution in [0.25, 0.3) is 10.2 Å². The summed E-state index contributed by atoms with van der Waals surface area (Å²) >= 11 is 7.63. The average molecular weight is 404 g/mol. The minimum absolute atomic E-state index is 0.0187. The number of fused-ring (bicyclic) bond motifs is 1. The van der Waals surface area contributed by atoms with Crippen LogP contribution in [0, 0.1) is 11.7 Å². The molecule has 3 aromatic rings. The minimum atomic E-state index is -0.288. The van der Waals surface area contributed by atoms with Gasteiger partial charge in [0.05, 0.1) is 4.70 Å². The summed E-state index contributed by atoms with van der Waals surface area (Å²) in [5.41, 5.74) is 1.35. The van der Waals surface area contributed by atoms with Crippen molar-refractivity contribution in [3.05, 3.63) is 58.9 Å². The maximum Gasteiger partial charge on any atom is 0.223 e. The van der Waals surface area contributed by atoms with E-state index in [2.05, 4.69) is 15.2 Å². The van der Waals surface area contributed by atoms with Gasteiger partial charge in [0, 0.05) is 30.6 Å². The van der Waals surface area contributed by atoms with Crippen LogP contribution in [0.3, 0.4) is 0 Å². The SMILES string of the molecule is O=C(NCc1ccccc1Cl)C1CCN(c2nc3c(F)cccc3s2)CC1. The van der Waals surface area contributed by atoms with Crippen LogP contribution in [0.15, 0.2) is 42.5 Å². The molecule has 0 atom stereocenters. The fraction of sp³-hybridized carbons (Fsp3) is 0.300. The van der Waals surface area contributed by atoms with E-state index in [4.69, 9.17) is 11.6 Å². The standard InChI is InChI=1S/C20H19ClFN3OS/c21-15-5-2-1-4-14(15)12-23-19(26)13-8-10-25(11-9-13)20-24-18-16(22)6-3-7-17(18)27-20/h1-7,13H,8-12H2,(H,23,26). The lowest BCUT2D eigenvalue weighted by Gasteiger charge is -2.31. The first kappa shape index (κ1) is 18.2. The van der Waals surface area contributed by atoms with Crippen molar-refractivity contribution in [3.63, 3.8) is 0 Å². The number of thiazole rings is 1. The zero-order valence-corrected chi connectivity index (χ0v) is 16.2. The Hall–Kier alpha value is -2.18. The van der Waals surface area contributed by atoms with Gasteiger partial charge in [-0.3, -0.25) is 4.79 Å². The summed E-state index contributed by atoms with van der Waals surface area (Å²) in [6.07, 6.45) is 1.51. The van der Waals surface area contributed by atoms with E-state index in [-0.39, 0.29) is 17.6 Å². The van der Waals surface area contributed by atoms with E-state index in [9.17, 15) is 9.18 Å². The Kier molecular flexibility index (Phi) is 5.27. The number of amides is 1. The smallest absolute Gasteiger partial charge is 0.223 e. The predicted octanol–water partition coefficient (Wildman–Crippen LogP) is 4.62. The lowest BCUT2D eigenvalue weighted by Crippen LogP contribution is -2.40. The first-order valence-electron chi connectivity index (χ1n) is 8.93. The van der Waals surface area contributed by atoms with Gasteiger partial charge in [0.25, 0.3) is 0 Å². The van der Waals surface area contributed by atoms with Crippen molar-refractivity contribution in [2.45, 2.75) is 19.4 Å². The van der Waals surface area contributed by atoms with Crippen LogP contribution in [0.2, 0.25) is 5.02 Å². The predicted molar refractivity (Wildman–Crippen MR) is 108 cm³/mol. The van der Waals surface area contributed by atoms with Gasteiger partial charge < -0.3 is 10.2 Å². The largest absolute Gasteiger partial charge is 0.352 e. The third-order valence-electron chi connectivity index (χ3n) is 4.91. The van der Waals surface area contributed by atoms with Gasteiger partial charge in [-0.05, 0) is 36.6 Å². The zero-order chi connectivity index (χ0) is 18.8. The summed E-state index contributed by atoms with van der Waals surface area (Å²) in [5, 5.41) is 4.48. The molecule has 2 aromatic carbocycles. The second kappa shape index (κ2) is 7.82. The number of carbonyl (C=O) groups is 1. The second-order valence-electron chi connectivity index (χ2n) is 6.65. The number of aromatic nitrogens is 1. The highest BCUT2D eigenvalue weighted by molar-refractivity contribution is 7.22. The third-order valence-corrected chi connectivity index (χ3v) is 6.36. The molecule has 2 heterocycles. The topological polar surface area (TPSA) is 45.2 Å². The van der Waals surface area contributed by atoms with Crippen molar-refractivity contribution in [1.82, 2.24) is 10.3 Å². The Bertz CT molecular complexity index is 969. The van der Waals surface area contributed by atoms with Gasteiger partial charge in [-0.25, -0.2) is 9.37 Å². The summed E-state index contributed by atoms with van der Waals surface area (Å²) in [7, 11) is 0. The molecular formula is C20H19ClFN3OS. The molecule has 27 heavy (non-hydrogen) atoms. The van der Waals surface area contributed by atoms with Crippen molar-refractivity contribution in [2.24, 2.45) is 5.92 Å². The summed E-state index contributed by atoms with van der Waals surface area (Å²) in [6.45, 7) is 1.92. The molecule has 1 fully saturated rings. The van der Waals surface area contributed by atoms with E-state index in [1.807, 2.05) is 30.3 Å². The molecule has 1 amide bonds. The number of nitrogens with one attached hydrogen (secondary N) is 1. The number of piperidine rings is 1. The minimum Gasteiger partial charge on any atom is -0.352 e. The molecule has 7 heteroatoms. The van der Waals surface area contributed by atoms with E-state index in [1.54, 1.807) is 6.07 Å². The van der Waals surface area contributed by atoms with Crippen LogP contribution in [0.1, 0.15) is 18.4 Å². The second-order valence-corrected chi connectivity index (χ2v) is 8.07. The van der Waals surface area contributed by atoms with Gasteiger partial charge in [0.15, 0.2) is 5.13 Å². The van der Waals surface area contributed by atoms with Gasteiger partial charge >= 0.3 is 0 Å². The molecule has 140 valence electrons. The number of rotatable bonds is 4. The number of benzene rings is 2. The fourth-order valence-corrected chi connectivity index (χ4v) is 4.57. The van der Waals surface area contributed by atoms with Gasteiger partial charge in [-0.2, -0.15) is 0 Å². The fourth-order valence-electron chi connectivity index (χ4n) is 3.34. The number of hydrogen-bond acceptors (Lipinski definition) is 4. The Balaban J connectivity index is 1.34. The average Bonchev–Trinajstić information content (AvgIpc) is 3.13. The molecule has 1 saturated heterocycles. The lowest BCUT2D eigenvalue weighted by atomic mass is 9.96. The number of hydrogen-bond donors (Lipinski definition) is 1. The molecule has 1 aliphatic rings. The van der Waals surface area contributed by atoms with E-state index in [0.717, 1.165) is 41.3 Å². The van der Waals surface area contributed by atoms with Crippen molar-refractivity contribution < 1.29 is 9.18 Å². The number of anilines is 1. The van der Waals surface area contributed by atoms with Crippen LogP contribution >= 0.6 is 22.9 Å². The van der Waals surface area contributed by atoms with Crippen LogP contribution in [-0.4, -0.2) is 24.0 Å². The van der Waals surface area contributed by atoms with Crippen molar-refractivity contribution in [3.8, 4) is 0 Å². The summed E-state index contributed by atoms with van der Waals surface area (Å²) in [6, 6.07) is 12.5. The van der Waals surface area contributed by atoms with Crippen LogP contribution in [-0.2, 0) is 11.3 Å². The van der Waals surface area contributed by atoms with Crippen molar-refractivity contribution in [2.75, 3.05) is 18.0 Å². The van der Waals surface area contributed by atoms with Crippen LogP contribution in [0.4, 0.5) is 9.52 Å². The molecule has 1 aromatic heterocycles. The van der Waals surface area contributed by atoms with Crippen LogP contribution in [0.5, 0.6) is 0 Å². The van der Waals surface area contributed by atoms with E-state index < -0.39 is 0 Å². The Morgan fingerprint density at radius 2 is 2.00 bits per heavy atom. The molecule has 4 rings (SSSR count). The number of carbonyl (C=O) groups excluding carboxylic acids is 1. The highest BCUT2D eigenvalue weighted by Gasteiger charge is 2.26. The number of para-hydroxylation sites is 1. The first-order chi connectivity index (χ1) is 13.1. The molecule has 4 nitrogen and oxygen atoms in total. The van der Waals surface area contributed by atoms with Gasteiger partial charge in [-0.1, -0.05) is 47.2 Å². The summed E-state index contributed by atoms with van der Waals surface area (Å²) in [5.74, 6) is -0.247. The molecular weight excluding hydrogens is 385 g/mol. The molecule has 0 radical (unpaired) electrons. The zero-order valence-electron chi connectivity index (χ0n) is 14.6. The number of halogens is 2. The maximum absolute atomic E-state index is 13.9. The quantitative estimate of drug-likeness (QED) is 0.691. The monoisotopic (exact) mass is 403 g/mol. The van der Waals surface area contributed by atoms with Crippen LogP contribution < -0.4 is 10.2 Å². The molecule has 0 bridgehead atoms. The molecule has 0 saturated carbocycles.